The summed E-state index contributed by atoms with van der Waals surface area (Å²) in [6, 6.07) is 13.5. The highest BCUT2D eigenvalue weighted by Gasteiger charge is 2.29. The predicted octanol–water partition coefficient (Wildman–Crippen LogP) is 8.04. The third-order valence-corrected chi connectivity index (χ3v) is 5.86. The van der Waals surface area contributed by atoms with Crippen LogP contribution < -0.4 is 14.9 Å². The summed E-state index contributed by atoms with van der Waals surface area (Å²) in [4.78, 5) is 0. The summed E-state index contributed by atoms with van der Waals surface area (Å²) in [5, 5.41) is 5.02. The molecule has 0 saturated heterocycles. The van der Waals surface area contributed by atoms with E-state index >= 15 is 0 Å². The molecule has 3 rings (SSSR count). The van der Waals surface area contributed by atoms with Crippen molar-refractivity contribution in [2.45, 2.75) is 19.7 Å². The fourth-order valence-electron chi connectivity index (χ4n) is 2.77. The molecule has 0 heterocycles. The number of hydrogen-bond donors (Lipinski definition) is 1. The maximum atomic E-state index is 12.7. The molecule has 0 aliphatic heterocycles. The van der Waals surface area contributed by atoms with Crippen LogP contribution in [0.2, 0.25) is 10.0 Å². The number of anilines is 1. The van der Waals surface area contributed by atoms with Gasteiger partial charge in [-0.25, -0.2) is 0 Å². The summed E-state index contributed by atoms with van der Waals surface area (Å²) < 4.78 is 50.5. The minimum Gasteiger partial charge on any atom is -0.490 e. The summed E-state index contributed by atoms with van der Waals surface area (Å²) in [6.45, 7) is 2.57. The van der Waals surface area contributed by atoms with Gasteiger partial charge in [0, 0.05) is 0 Å². The number of hydrazone groups is 1. The van der Waals surface area contributed by atoms with Gasteiger partial charge in [0.05, 0.1) is 37.7 Å². The Balaban J connectivity index is 1.72. The van der Waals surface area contributed by atoms with E-state index in [4.69, 9.17) is 32.7 Å². The lowest BCUT2D eigenvalue weighted by molar-refractivity contribution is -0.137. The van der Waals surface area contributed by atoms with Gasteiger partial charge in [-0.2, -0.15) is 18.3 Å². The van der Waals surface area contributed by atoms with Crippen molar-refractivity contribution in [3.63, 3.8) is 0 Å². The molecule has 0 spiro atoms. The first-order chi connectivity index (χ1) is 15.7. The largest absolute Gasteiger partial charge is 0.490 e. The monoisotopic (exact) mass is 608 g/mol. The maximum absolute atomic E-state index is 12.7. The minimum absolute atomic E-state index is 0.274. The van der Waals surface area contributed by atoms with Crippen LogP contribution in [-0.4, -0.2) is 12.8 Å². The molecule has 0 aliphatic carbocycles. The molecule has 10 heteroatoms. The Labute approximate surface area is 212 Å². The van der Waals surface area contributed by atoms with Crippen molar-refractivity contribution in [3.8, 4) is 11.5 Å². The summed E-state index contributed by atoms with van der Waals surface area (Å²) in [7, 11) is 0. The van der Waals surface area contributed by atoms with Gasteiger partial charge < -0.3 is 9.47 Å². The van der Waals surface area contributed by atoms with Crippen LogP contribution in [0.1, 0.15) is 23.6 Å². The van der Waals surface area contributed by atoms with E-state index in [2.05, 4.69) is 33.1 Å². The molecule has 0 amide bonds. The number of alkyl halides is 3. The zero-order chi connectivity index (χ0) is 24.0. The molecule has 174 valence electrons. The molecular weight excluding hydrogens is 591 g/mol. The van der Waals surface area contributed by atoms with Gasteiger partial charge in [-0.15, -0.1) is 0 Å². The van der Waals surface area contributed by atoms with E-state index in [1.807, 2.05) is 19.1 Å². The van der Waals surface area contributed by atoms with E-state index in [0.29, 0.717) is 33.8 Å². The van der Waals surface area contributed by atoms with Gasteiger partial charge >= 0.3 is 6.18 Å². The Bertz CT molecular complexity index is 1140. The molecule has 0 unspecified atom stereocenters. The zero-order valence-corrected chi connectivity index (χ0v) is 20.9. The molecule has 0 aliphatic rings. The number of rotatable bonds is 8. The van der Waals surface area contributed by atoms with Crippen LogP contribution >= 0.6 is 45.8 Å². The number of halogens is 6. The Morgan fingerprint density at radius 2 is 1.73 bits per heavy atom. The second-order valence-electron chi connectivity index (χ2n) is 6.75. The number of nitrogens with one attached hydrogen (secondary N) is 1. The predicted molar refractivity (Wildman–Crippen MR) is 134 cm³/mol. The van der Waals surface area contributed by atoms with Gasteiger partial charge in [-0.1, -0.05) is 29.3 Å². The lowest BCUT2D eigenvalue weighted by atomic mass is 10.2. The van der Waals surface area contributed by atoms with Crippen LogP contribution in [0, 0.1) is 3.57 Å². The molecule has 0 atom stereocenters. The van der Waals surface area contributed by atoms with E-state index in [1.165, 1.54) is 12.1 Å². The second kappa shape index (κ2) is 11.3. The number of hydrogen-bond acceptors (Lipinski definition) is 4. The maximum Gasteiger partial charge on any atom is 0.416 e. The molecule has 0 aromatic heterocycles. The van der Waals surface area contributed by atoms with Gasteiger partial charge in [-0.05, 0) is 89.2 Å². The van der Waals surface area contributed by atoms with Gasteiger partial charge in [0.15, 0.2) is 11.5 Å². The van der Waals surface area contributed by atoms with E-state index in [1.54, 1.807) is 24.4 Å². The number of ether oxygens (including phenoxy) is 2. The quantitative estimate of drug-likeness (QED) is 0.160. The molecule has 0 bridgehead atoms. The average molecular weight is 609 g/mol. The van der Waals surface area contributed by atoms with E-state index in [0.717, 1.165) is 26.8 Å². The number of nitrogens with zero attached hydrogens (tertiary/aromatic N) is 1. The van der Waals surface area contributed by atoms with Crippen molar-refractivity contribution in [2.75, 3.05) is 12.0 Å². The number of benzene rings is 3. The minimum atomic E-state index is -4.38. The van der Waals surface area contributed by atoms with Gasteiger partial charge in [0.1, 0.15) is 6.61 Å². The lowest BCUT2D eigenvalue weighted by Gasteiger charge is -2.15. The summed E-state index contributed by atoms with van der Waals surface area (Å²) in [5.41, 5.74) is 4.01. The summed E-state index contributed by atoms with van der Waals surface area (Å²) in [5.74, 6) is 1.12. The highest BCUT2D eigenvalue weighted by Crippen LogP contribution is 2.35. The van der Waals surface area contributed by atoms with Crippen molar-refractivity contribution in [3.05, 3.63) is 84.9 Å². The smallest absolute Gasteiger partial charge is 0.416 e. The molecule has 0 saturated carbocycles. The molecule has 1 N–H and O–H groups in total. The van der Waals surface area contributed by atoms with Gasteiger partial charge in [0.2, 0.25) is 0 Å². The first-order valence-electron chi connectivity index (χ1n) is 9.66. The third kappa shape index (κ3) is 7.15. The van der Waals surface area contributed by atoms with E-state index in [-0.39, 0.29) is 6.61 Å². The first-order valence-corrected chi connectivity index (χ1v) is 11.5. The van der Waals surface area contributed by atoms with Crippen LogP contribution in [0.25, 0.3) is 0 Å². The zero-order valence-electron chi connectivity index (χ0n) is 17.2. The SMILES string of the molecule is CCOc1cc(/C=N/Nc2ccc(C(F)(F)F)cc2)cc(I)c1OCc1ccc(Cl)c(Cl)c1. The van der Waals surface area contributed by atoms with Crippen LogP contribution in [0.5, 0.6) is 11.5 Å². The molecule has 0 fully saturated rings. The fraction of sp³-hybridized carbons (Fsp3) is 0.174. The van der Waals surface area contributed by atoms with Crippen LogP contribution in [0.15, 0.2) is 59.7 Å². The Morgan fingerprint density at radius 1 is 1.00 bits per heavy atom. The van der Waals surface area contributed by atoms with Crippen LogP contribution in [0.4, 0.5) is 18.9 Å². The van der Waals surface area contributed by atoms with Gasteiger partial charge in [-0.3, -0.25) is 5.43 Å². The lowest BCUT2D eigenvalue weighted by Crippen LogP contribution is -2.04. The summed E-state index contributed by atoms with van der Waals surface area (Å²) >= 11 is 14.2. The normalized spacial score (nSPS) is 11.6. The second-order valence-corrected chi connectivity index (χ2v) is 8.72. The highest BCUT2D eigenvalue weighted by molar-refractivity contribution is 14.1. The van der Waals surface area contributed by atoms with E-state index < -0.39 is 11.7 Å². The van der Waals surface area contributed by atoms with Crippen LogP contribution in [0.3, 0.4) is 0 Å². The first kappa shape index (κ1) is 25.5. The average Bonchev–Trinajstić information content (AvgIpc) is 2.75. The molecule has 3 aromatic carbocycles. The Morgan fingerprint density at radius 3 is 2.36 bits per heavy atom. The molecule has 3 aromatic rings. The Hall–Kier alpha value is -2.17. The molecule has 33 heavy (non-hydrogen) atoms. The van der Waals surface area contributed by atoms with Crippen molar-refractivity contribution in [1.82, 2.24) is 0 Å². The van der Waals surface area contributed by atoms with Crippen molar-refractivity contribution >= 4 is 57.7 Å². The summed E-state index contributed by atoms with van der Waals surface area (Å²) in [6.07, 6.45) is -2.83. The molecule has 4 nitrogen and oxygen atoms in total. The Kier molecular flexibility index (Phi) is 8.72. The van der Waals surface area contributed by atoms with Crippen molar-refractivity contribution < 1.29 is 22.6 Å². The standard InChI is InChI=1S/C23H18Cl2F3IN2O2/c1-2-32-21-11-15(12-30-31-17-6-4-16(5-7-17)23(26,27)28)10-20(29)22(21)33-13-14-3-8-18(24)19(25)9-14/h3-12,31H,2,13H2,1H3/b30-12+. The van der Waals surface area contributed by atoms with E-state index in [9.17, 15) is 13.2 Å². The highest BCUT2D eigenvalue weighted by atomic mass is 127. The molecular formula is C23H18Cl2F3IN2O2. The molecule has 0 radical (unpaired) electrons. The fourth-order valence-corrected chi connectivity index (χ4v) is 3.87. The third-order valence-electron chi connectivity index (χ3n) is 4.32. The van der Waals surface area contributed by atoms with Crippen molar-refractivity contribution in [2.24, 2.45) is 5.10 Å². The van der Waals surface area contributed by atoms with Crippen molar-refractivity contribution in [1.29, 1.82) is 0 Å². The van der Waals surface area contributed by atoms with Gasteiger partial charge in [0.25, 0.3) is 0 Å². The topological polar surface area (TPSA) is 42.8 Å². The van der Waals surface area contributed by atoms with Crippen LogP contribution in [-0.2, 0) is 12.8 Å².